The summed E-state index contributed by atoms with van der Waals surface area (Å²) < 4.78 is 13.1. The van der Waals surface area contributed by atoms with Gasteiger partial charge in [0.2, 0.25) is 0 Å². The van der Waals surface area contributed by atoms with E-state index in [9.17, 15) is 10.4 Å². The highest BCUT2D eigenvalue weighted by molar-refractivity contribution is 5.80. The molecule has 3 aromatic heterocycles. The molecule has 8 nitrogen and oxygen atoms in total. The summed E-state index contributed by atoms with van der Waals surface area (Å²) in [5, 5.41) is 24.1. The van der Waals surface area contributed by atoms with Crippen LogP contribution in [0.4, 0.5) is 0 Å². The number of fused-ring (bicyclic) bond motifs is 1. The second-order valence-corrected chi connectivity index (χ2v) is 8.56. The van der Waals surface area contributed by atoms with Gasteiger partial charge in [-0.15, -0.1) is 0 Å². The Morgan fingerprint density at radius 2 is 2.03 bits per heavy atom. The van der Waals surface area contributed by atoms with Gasteiger partial charge in [0.15, 0.2) is 0 Å². The lowest BCUT2D eigenvalue weighted by molar-refractivity contribution is 0.0322. The van der Waals surface area contributed by atoms with Crippen LogP contribution < -0.4 is 4.74 Å². The van der Waals surface area contributed by atoms with Gasteiger partial charge in [0, 0.05) is 36.3 Å². The second kappa shape index (κ2) is 10.2. The van der Waals surface area contributed by atoms with E-state index in [2.05, 4.69) is 16.1 Å². The van der Waals surface area contributed by atoms with Crippen molar-refractivity contribution in [2.45, 2.75) is 13.0 Å². The number of hydrogen-bond acceptors (Lipinski definition) is 7. The molecule has 1 saturated heterocycles. The minimum Gasteiger partial charge on any atom is -0.491 e. The van der Waals surface area contributed by atoms with Crippen molar-refractivity contribution in [3.05, 3.63) is 72.1 Å². The predicted molar refractivity (Wildman–Crippen MR) is 132 cm³/mol. The molecule has 178 valence electrons. The summed E-state index contributed by atoms with van der Waals surface area (Å²) >= 11 is 0. The minimum absolute atomic E-state index is 0.545. The second-order valence-electron chi connectivity index (χ2n) is 8.56. The van der Waals surface area contributed by atoms with Gasteiger partial charge in [0.1, 0.15) is 12.4 Å². The van der Waals surface area contributed by atoms with Crippen LogP contribution in [0.2, 0.25) is 0 Å². The predicted octanol–water partition coefficient (Wildman–Crippen LogP) is 3.70. The molecule has 1 aliphatic heterocycles. The van der Waals surface area contributed by atoms with Gasteiger partial charge in [-0.1, -0.05) is 18.2 Å². The Morgan fingerprint density at radius 1 is 1.17 bits per heavy atom. The van der Waals surface area contributed by atoms with Gasteiger partial charge >= 0.3 is 0 Å². The molecule has 4 aromatic rings. The zero-order valence-electron chi connectivity index (χ0n) is 19.6. The molecule has 5 rings (SSSR count). The fourth-order valence-electron chi connectivity index (χ4n) is 4.29. The molecule has 1 unspecified atom stereocenters. The van der Waals surface area contributed by atoms with Crippen molar-refractivity contribution in [1.82, 2.24) is 19.5 Å². The smallest absolute Gasteiger partial charge is 0.137 e. The summed E-state index contributed by atoms with van der Waals surface area (Å²) in [6.07, 6.45) is 2.96. The van der Waals surface area contributed by atoms with Crippen molar-refractivity contribution < 1.29 is 14.6 Å². The Kier molecular flexibility index (Phi) is 6.73. The highest BCUT2D eigenvalue weighted by Gasteiger charge is 2.16. The minimum atomic E-state index is -0.696. The van der Waals surface area contributed by atoms with Gasteiger partial charge in [-0.3, -0.25) is 4.90 Å². The van der Waals surface area contributed by atoms with Crippen molar-refractivity contribution in [2.75, 3.05) is 39.5 Å². The summed E-state index contributed by atoms with van der Waals surface area (Å²) in [6.45, 7) is 6.61. The van der Waals surface area contributed by atoms with E-state index in [1.807, 2.05) is 42.6 Å². The number of rotatable bonds is 7. The lowest BCUT2D eigenvalue weighted by Gasteiger charge is -2.26. The van der Waals surface area contributed by atoms with Gasteiger partial charge < -0.3 is 14.6 Å². The lowest BCUT2D eigenvalue weighted by Crippen LogP contribution is -2.38. The van der Waals surface area contributed by atoms with Crippen LogP contribution in [0.25, 0.3) is 28.0 Å². The molecule has 1 aliphatic rings. The van der Waals surface area contributed by atoms with Crippen LogP contribution >= 0.6 is 0 Å². The standard InChI is InChI=1S/C27H27N5O3/c1-19(33)23-6-7-25(30-27(23)21-4-2-3-20(15-21)16-28)24-17-29-32-18-22(5-8-26(24)32)35-14-11-31-9-12-34-13-10-31/h2-8,15,17-19,33H,9-14H2,1H3. The van der Waals surface area contributed by atoms with E-state index in [1.54, 1.807) is 29.8 Å². The van der Waals surface area contributed by atoms with Crippen LogP contribution in [-0.4, -0.2) is 64.1 Å². The molecule has 1 atom stereocenters. The third kappa shape index (κ3) is 5.03. The molecule has 1 N–H and O–H groups in total. The SMILES string of the molecule is CC(O)c1ccc(-c2cnn3cc(OCCN4CCOCC4)ccc23)nc1-c1cccc(C#N)c1. The molecule has 4 heterocycles. The van der Waals surface area contributed by atoms with Gasteiger partial charge in [-0.2, -0.15) is 10.4 Å². The molecular weight excluding hydrogens is 442 g/mol. The van der Waals surface area contributed by atoms with E-state index in [0.717, 1.165) is 60.9 Å². The van der Waals surface area contributed by atoms with E-state index >= 15 is 0 Å². The Hall–Kier alpha value is -3.77. The lowest BCUT2D eigenvalue weighted by atomic mass is 9.99. The number of aliphatic hydroxyl groups excluding tert-OH is 1. The van der Waals surface area contributed by atoms with Gasteiger partial charge in [-0.25, -0.2) is 9.50 Å². The van der Waals surface area contributed by atoms with Crippen LogP contribution in [0.5, 0.6) is 5.75 Å². The Labute approximate surface area is 204 Å². The first kappa shape index (κ1) is 23.0. The fourth-order valence-corrected chi connectivity index (χ4v) is 4.29. The molecule has 1 fully saturated rings. The molecule has 0 spiro atoms. The van der Waals surface area contributed by atoms with Crippen molar-refractivity contribution in [3.8, 4) is 34.3 Å². The van der Waals surface area contributed by atoms with Crippen molar-refractivity contribution in [2.24, 2.45) is 0 Å². The summed E-state index contributed by atoms with van der Waals surface area (Å²) in [7, 11) is 0. The Balaban J connectivity index is 1.41. The Bertz CT molecular complexity index is 1370. The van der Waals surface area contributed by atoms with Crippen LogP contribution in [0.15, 0.2) is 60.9 Å². The number of aromatic nitrogens is 3. The summed E-state index contributed by atoms with van der Waals surface area (Å²) in [5.74, 6) is 0.756. The molecule has 0 saturated carbocycles. The van der Waals surface area contributed by atoms with E-state index < -0.39 is 6.10 Å². The molecule has 0 bridgehead atoms. The third-order valence-electron chi connectivity index (χ3n) is 6.19. The Morgan fingerprint density at radius 3 is 2.83 bits per heavy atom. The largest absolute Gasteiger partial charge is 0.491 e. The quantitative estimate of drug-likeness (QED) is 0.441. The third-order valence-corrected chi connectivity index (χ3v) is 6.19. The normalized spacial score (nSPS) is 15.1. The number of pyridine rings is 2. The summed E-state index contributed by atoms with van der Waals surface area (Å²) in [5.41, 5.74) is 5.20. The highest BCUT2D eigenvalue weighted by atomic mass is 16.5. The van der Waals surface area contributed by atoms with Crippen molar-refractivity contribution in [3.63, 3.8) is 0 Å². The molecule has 35 heavy (non-hydrogen) atoms. The molecule has 0 aliphatic carbocycles. The molecule has 0 radical (unpaired) electrons. The van der Waals surface area contributed by atoms with Gasteiger partial charge in [0.25, 0.3) is 0 Å². The van der Waals surface area contributed by atoms with Crippen molar-refractivity contribution in [1.29, 1.82) is 5.26 Å². The van der Waals surface area contributed by atoms with Crippen LogP contribution in [0.1, 0.15) is 24.2 Å². The zero-order chi connectivity index (χ0) is 24.2. The first-order valence-electron chi connectivity index (χ1n) is 11.7. The molecule has 8 heteroatoms. The molecular formula is C27H27N5O3. The summed E-state index contributed by atoms with van der Waals surface area (Å²) in [6, 6.07) is 17.1. The topological polar surface area (TPSA) is 95.9 Å². The monoisotopic (exact) mass is 469 g/mol. The number of aliphatic hydroxyl groups is 1. The number of ether oxygens (including phenoxy) is 2. The molecule has 0 amide bonds. The first-order chi connectivity index (χ1) is 17.1. The van der Waals surface area contributed by atoms with E-state index in [1.165, 1.54) is 0 Å². The van der Waals surface area contributed by atoms with Gasteiger partial charge in [-0.05, 0) is 37.3 Å². The first-order valence-corrected chi connectivity index (χ1v) is 11.7. The summed E-state index contributed by atoms with van der Waals surface area (Å²) in [4.78, 5) is 7.22. The zero-order valence-corrected chi connectivity index (χ0v) is 19.6. The maximum atomic E-state index is 10.3. The van der Waals surface area contributed by atoms with Gasteiger partial charge in [0.05, 0.1) is 60.2 Å². The van der Waals surface area contributed by atoms with Crippen LogP contribution in [0, 0.1) is 11.3 Å². The number of benzene rings is 1. The number of hydrogen-bond donors (Lipinski definition) is 1. The highest BCUT2D eigenvalue weighted by Crippen LogP contribution is 2.32. The van der Waals surface area contributed by atoms with E-state index in [0.29, 0.717) is 23.4 Å². The van der Waals surface area contributed by atoms with Crippen LogP contribution in [-0.2, 0) is 4.74 Å². The maximum Gasteiger partial charge on any atom is 0.137 e. The number of morpholine rings is 1. The number of nitriles is 1. The maximum absolute atomic E-state index is 10.3. The average Bonchev–Trinajstić information content (AvgIpc) is 3.32. The van der Waals surface area contributed by atoms with Crippen LogP contribution in [0.3, 0.4) is 0 Å². The number of nitrogens with zero attached hydrogens (tertiary/aromatic N) is 5. The average molecular weight is 470 g/mol. The van der Waals surface area contributed by atoms with Crippen molar-refractivity contribution >= 4 is 5.52 Å². The van der Waals surface area contributed by atoms with E-state index in [-0.39, 0.29) is 0 Å². The molecule has 1 aromatic carbocycles. The fraction of sp³-hybridized carbons (Fsp3) is 0.296. The van der Waals surface area contributed by atoms with E-state index in [4.69, 9.17) is 14.5 Å².